The topological polar surface area (TPSA) is 55.8 Å². The minimum atomic E-state index is -0.356. The summed E-state index contributed by atoms with van der Waals surface area (Å²) in [5.41, 5.74) is 0.514. The smallest absolute Gasteiger partial charge is 0.306 e. The number of hydrogen-bond donors (Lipinski definition) is 1. The van der Waals surface area contributed by atoms with Crippen LogP contribution in [0, 0.1) is 5.82 Å². The van der Waals surface area contributed by atoms with Crippen LogP contribution in [0.15, 0.2) is 42.5 Å². The highest BCUT2D eigenvalue weighted by molar-refractivity contribution is 5.70. The molecular weight excluding hydrogens is 287 g/mol. The average molecular weight is 304 g/mol. The summed E-state index contributed by atoms with van der Waals surface area (Å²) in [5, 5.41) is 9.96. The third-order valence-electron chi connectivity index (χ3n) is 3.03. The van der Waals surface area contributed by atoms with E-state index in [9.17, 15) is 14.3 Å². The molecule has 4 nitrogen and oxygen atoms in total. The van der Waals surface area contributed by atoms with Crippen LogP contribution in [-0.4, -0.2) is 17.7 Å². The third-order valence-corrected chi connectivity index (χ3v) is 3.03. The van der Waals surface area contributed by atoms with E-state index in [1.807, 2.05) is 0 Å². The summed E-state index contributed by atoms with van der Waals surface area (Å²) in [6.45, 7) is 2.06. The first-order valence-corrected chi connectivity index (χ1v) is 7.00. The number of ether oxygens (including phenoxy) is 2. The molecule has 2 aromatic carbocycles. The monoisotopic (exact) mass is 304 g/mol. The van der Waals surface area contributed by atoms with Crippen molar-refractivity contribution in [3.8, 4) is 17.2 Å². The fraction of sp³-hybridized carbons (Fsp3) is 0.235. The molecule has 5 heteroatoms. The predicted molar refractivity (Wildman–Crippen MR) is 79.5 cm³/mol. The van der Waals surface area contributed by atoms with Crippen molar-refractivity contribution in [3.63, 3.8) is 0 Å². The van der Waals surface area contributed by atoms with Crippen molar-refractivity contribution in [1.29, 1.82) is 0 Å². The van der Waals surface area contributed by atoms with Crippen molar-refractivity contribution in [2.24, 2.45) is 0 Å². The third kappa shape index (κ3) is 4.22. The Kier molecular flexibility index (Phi) is 5.36. The fourth-order valence-corrected chi connectivity index (χ4v) is 1.99. The fourth-order valence-electron chi connectivity index (χ4n) is 1.99. The lowest BCUT2D eigenvalue weighted by atomic mass is 10.1. The molecule has 0 unspecified atom stereocenters. The molecule has 2 aromatic rings. The number of carbonyl (C=O) groups excluding carboxylic acids is 1. The first kappa shape index (κ1) is 15.8. The quantitative estimate of drug-likeness (QED) is 0.824. The maximum absolute atomic E-state index is 12.9. The van der Waals surface area contributed by atoms with E-state index in [0.29, 0.717) is 30.1 Å². The van der Waals surface area contributed by atoms with Gasteiger partial charge in [0.15, 0.2) is 0 Å². The molecule has 1 N–H and O–H groups in total. The molecule has 0 atom stereocenters. The summed E-state index contributed by atoms with van der Waals surface area (Å²) >= 11 is 0. The summed E-state index contributed by atoms with van der Waals surface area (Å²) in [7, 11) is 0. The molecule has 0 amide bonds. The van der Waals surface area contributed by atoms with E-state index < -0.39 is 0 Å². The van der Waals surface area contributed by atoms with Gasteiger partial charge in [-0.05, 0) is 49.7 Å². The Morgan fingerprint density at radius 1 is 1.18 bits per heavy atom. The first-order chi connectivity index (χ1) is 10.6. The van der Waals surface area contributed by atoms with Gasteiger partial charge in [0.1, 0.15) is 23.1 Å². The van der Waals surface area contributed by atoms with Crippen LogP contribution in [0.4, 0.5) is 4.39 Å². The number of halogens is 1. The highest BCUT2D eigenvalue weighted by atomic mass is 19.1. The van der Waals surface area contributed by atoms with E-state index in [0.717, 1.165) is 0 Å². The molecule has 116 valence electrons. The summed E-state index contributed by atoms with van der Waals surface area (Å²) in [6, 6.07) is 10.4. The van der Waals surface area contributed by atoms with Crippen LogP contribution < -0.4 is 4.74 Å². The molecule has 0 saturated heterocycles. The van der Waals surface area contributed by atoms with Crippen LogP contribution in [-0.2, 0) is 16.0 Å². The van der Waals surface area contributed by atoms with E-state index in [4.69, 9.17) is 9.47 Å². The van der Waals surface area contributed by atoms with Gasteiger partial charge < -0.3 is 14.6 Å². The number of rotatable bonds is 6. The van der Waals surface area contributed by atoms with Gasteiger partial charge in [-0.2, -0.15) is 0 Å². The van der Waals surface area contributed by atoms with Gasteiger partial charge in [-0.1, -0.05) is 6.07 Å². The molecule has 0 aliphatic rings. The van der Waals surface area contributed by atoms with E-state index >= 15 is 0 Å². The summed E-state index contributed by atoms with van der Waals surface area (Å²) in [4.78, 5) is 11.4. The van der Waals surface area contributed by atoms with Crippen molar-refractivity contribution in [3.05, 3.63) is 53.8 Å². The molecule has 22 heavy (non-hydrogen) atoms. The Balaban J connectivity index is 2.15. The van der Waals surface area contributed by atoms with E-state index in [2.05, 4.69) is 0 Å². The molecular formula is C17H17FO4. The predicted octanol–water partition coefficient (Wildman–Crippen LogP) is 3.82. The number of hydrogen-bond acceptors (Lipinski definition) is 4. The molecule has 0 radical (unpaired) electrons. The van der Waals surface area contributed by atoms with Gasteiger partial charge in [-0.3, -0.25) is 4.79 Å². The summed E-state index contributed by atoms with van der Waals surface area (Å²) in [5.74, 6) is 0.230. The molecule has 0 spiro atoms. The minimum Gasteiger partial charge on any atom is -0.508 e. The van der Waals surface area contributed by atoms with Crippen molar-refractivity contribution >= 4 is 5.97 Å². The minimum absolute atomic E-state index is 0.0453. The number of phenols is 1. The van der Waals surface area contributed by atoms with Crippen LogP contribution in [0.5, 0.6) is 17.2 Å². The lowest BCUT2D eigenvalue weighted by Crippen LogP contribution is -2.05. The van der Waals surface area contributed by atoms with E-state index in [1.54, 1.807) is 19.1 Å². The average Bonchev–Trinajstić information content (AvgIpc) is 2.49. The summed E-state index contributed by atoms with van der Waals surface area (Å²) in [6.07, 6.45) is 0.438. The molecule has 2 rings (SSSR count). The molecule has 0 bridgehead atoms. The highest BCUT2D eigenvalue weighted by Crippen LogP contribution is 2.32. The van der Waals surface area contributed by atoms with E-state index in [-0.39, 0.29) is 24.0 Å². The molecule has 0 aliphatic heterocycles. The van der Waals surface area contributed by atoms with Gasteiger partial charge in [-0.25, -0.2) is 4.39 Å². The number of esters is 1. The van der Waals surface area contributed by atoms with Crippen LogP contribution in [0.25, 0.3) is 0 Å². The van der Waals surface area contributed by atoms with Crippen molar-refractivity contribution < 1.29 is 23.8 Å². The van der Waals surface area contributed by atoms with Gasteiger partial charge in [-0.15, -0.1) is 0 Å². The zero-order valence-electron chi connectivity index (χ0n) is 12.2. The number of benzene rings is 2. The largest absolute Gasteiger partial charge is 0.508 e. The number of aromatic hydroxyl groups is 1. The molecule has 0 heterocycles. The second-order valence-electron chi connectivity index (χ2n) is 4.61. The Labute approximate surface area is 128 Å². The van der Waals surface area contributed by atoms with Crippen LogP contribution in [0.3, 0.4) is 0 Å². The van der Waals surface area contributed by atoms with Gasteiger partial charge in [0.25, 0.3) is 0 Å². The Hall–Kier alpha value is -2.56. The zero-order valence-corrected chi connectivity index (χ0v) is 12.2. The maximum Gasteiger partial charge on any atom is 0.306 e. The SMILES string of the molecule is CCOC(=O)CCc1c(O)cccc1Oc1ccc(F)cc1. The van der Waals surface area contributed by atoms with Crippen LogP contribution in [0.2, 0.25) is 0 Å². The Morgan fingerprint density at radius 2 is 1.91 bits per heavy atom. The van der Waals surface area contributed by atoms with Gasteiger partial charge in [0.05, 0.1) is 6.61 Å². The second-order valence-corrected chi connectivity index (χ2v) is 4.61. The standard InChI is InChI=1S/C17H17FO4/c1-2-21-17(20)11-10-14-15(19)4-3-5-16(14)22-13-8-6-12(18)7-9-13/h3-9,19H,2,10-11H2,1H3. The molecule has 0 aliphatic carbocycles. The first-order valence-electron chi connectivity index (χ1n) is 7.00. The number of carbonyl (C=O) groups is 1. The van der Waals surface area contributed by atoms with Gasteiger partial charge in [0.2, 0.25) is 0 Å². The molecule has 0 aromatic heterocycles. The maximum atomic E-state index is 12.9. The summed E-state index contributed by atoms with van der Waals surface area (Å²) < 4.78 is 23.4. The second kappa shape index (κ2) is 7.45. The van der Waals surface area contributed by atoms with Gasteiger partial charge >= 0.3 is 5.97 Å². The normalized spacial score (nSPS) is 10.3. The Morgan fingerprint density at radius 3 is 2.59 bits per heavy atom. The lowest BCUT2D eigenvalue weighted by molar-refractivity contribution is -0.143. The van der Waals surface area contributed by atoms with Gasteiger partial charge in [0, 0.05) is 12.0 Å². The van der Waals surface area contributed by atoms with E-state index in [1.165, 1.54) is 30.3 Å². The number of phenolic OH excluding ortho intramolecular Hbond substituents is 1. The molecule has 0 saturated carbocycles. The van der Waals surface area contributed by atoms with Crippen LogP contribution >= 0.6 is 0 Å². The van der Waals surface area contributed by atoms with Crippen molar-refractivity contribution in [1.82, 2.24) is 0 Å². The van der Waals surface area contributed by atoms with Crippen molar-refractivity contribution in [2.75, 3.05) is 6.61 Å². The lowest BCUT2D eigenvalue weighted by Gasteiger charge is -2.12. The van der Waals surface area contributed by atoms with Crippen LogP contribution in [0.1, 0.15) is 18.9 Å². The highest BCUT2D eigenvalue weighted by Gasteiger charge is 2.12. The zero-order chi connectivity index (χ0) is 15.9. The Bertz CT molecular complexity index is 638. The molecule has 0 fully saturated rings. The van der Waals surface area contributed by atoms with Crippen molar-refractivity contribution in [2.45, 2.75) is 19.8 Å².